The number of fused-ring (bicyclic) bond motifs is 1. The first-order valence-electron chi connectivity index (χ1n) is 7.07. The number of carbonyl (C=O) groups is 1. The molecule has 0 N–H and O–H groups in total. The number of hydrogen-bond acceptors (Lipinski definition) is 4. The fourth-order valence-electron chi connectivity index (χ4n) is 2.36. The van der Waals surface area contributed by atoms with Gasteiger partial charge in [-0.2, -0.15) is 0 Å². The van der Waals surface area contributed by atoms with Crippen molar-refractivity contribution >= 4 is 29.2 Å². The third kappa shape index (κ3) is 3.93. The number of halogens is 1. The van der Waals surface area contributed by atoms with Gasteiger partial charge < -0.3 is 9.47 Å². The van der Waals surface area contributed by atoms with Crippen LogP contribution in [0.1, 0.15) is 29.4 Å². The molecule has 0 unspecified atom stereocenters. The summed E-state index contributed by atoms with van der Waals surface area (Å²) in [6.07, 6.45) is 0.889. The summed E-state index contributed by atoms with van der Waals surface area (Å²) in [6.45, 7) is 4.81. The normalized spacial score (nSPS) is 10.8. The second kappa shape index (κ2) is 7.51. The van der Waals surface area contributed by atoms with Gasteiger partial charge in [-0.15, -0.1) is 12.4 Å². The number of Topliss-reactive ketones (excluding diaryl/α,β-unsaturated/α-hetero) is 1. The van der Waals surface area contributed by atoms with Crippen LogP contribution in [0.25, 0.3) is 11.0 Å². The van der Waals surface area contributed by atoms with Crippen molar-refractivity contribution in [2.75, 3.05) is 20.6 Å². The molecule has 0 saturated heterocycles. The fourth-order valence-corrected chi connectivity index (χ4v) is 2.36. The molecular weight excluding hydrogens is 302 g/mol. The molecular formula is C16H22ClN3O2. The molecule has 1 aromatic carbocycles. The summed E-state index contributed by atoms with van der Waals surface area (Å²) >= 11 is 0. The molecule has 0 aliphatic rings. The Kier molecular flexibility index (Phi) is 6.26. The third-order valence-electron chi connectivity index (χ3n) is 3.50. The van der Waals surface area contributed by atoms with Crippen molar-refractivity contribution in [2.24, 2.45) is 0 Å². The summed E-state index contributed by atoms with van der Waals surface area (Å²) in [4.78, 5) is 30.2. The maximum Gasteiger partial charge on any atom is 0.272 e. The van der Waals surface area contributed by atoms with Gasteiger partial charge in [-0.1, -0.05) is 0 Å². The van der Waals surface area contributed by atoms with E-state index in [4.69, 9.17) is 0 Å². The summed E-state index contributed by atoms with van der Waals surface area (Å²) in [5, 5.41) is 0. The van der Waals surface area contributed by atoms with Gasteiger partial charge in [0.25, 0.3) is 5.56 Å². The minimum atomic E-state index is -0.0585. The van der Waals surface area contributed by atoms with Crippen LogP contribution in [0.5, 0.6) is 0 Å². The Morgan fingerprint density at radius 3 is 2.59 bits per heavy atom. The Labute approximate surface area is 136 Å². The number of aryl methyl sites for hydroxylation is 2. The van der Waals surface area contributed by atoms with Crippen molar-refractivity contribution in [3.63, 3.8) is 0 Å². The maximum absolute atomic E-state index is 12.3. The number of aromatic nitrogens is 2. The highest BCUT2D eigenvalue weighted by Gasteiger charge is 2.10. The van der Waals surface area contributed by atoms with Crippen LogP contribution in [0, 0.1) is 6.92 Å². The largest absolute Gasteiger partial charge is 0.309 e. The lowest BCUT2D eigenvalue weighted by Crippen LogP contribution is -2.26. The van der Waals surface area contributed by atoms with Gasteiger partial charge in [0, 0.05) is 12.1 Å². The van der Waals surface area contributed by atoms with Crippen LogP contribution in [0.15, 0.2) is 23.0 Å². The van der Waals surface area contributed by atoms with Crippen LogP contribution < -0.4 is 5.56 Å². The lowest BCUT2D eigenvalue weighted by molar-refractivity contribution is 0.101. The summed E-state index contributed by atoms with van der Waals surface area (Å²) in [5.41, 5.74) is 2.51. The van der Waals surface area contributed by atoms with Crippen LogP contribution >= 0.6 is 12.4 Å². The third-order valence-corrected chi connectivity index (χ3v) is 3.50. The summed E-state index contributed by atoms with van der Waals surface area (Å²) in [7, 11) is 4.02. The van der Waals surface area contributed by atoms with Crippen LogP contribution in [0.3, 0.4) is 0 Å². The minimum absolute atomic E-state index is 0. The molecule has 22 heavy (non-hydrogen) atoms. The van der Waals surface area contributed by atoms with E-state index in [-0.39, 0.29) is 23.7 Å². The molecule has 0 bridgehead atoms. The molecule has 120 valence electrons. The first kappa shape index (κ1) is 18.3. The summed E-state index contributed by atoms with van der Waals surface area (Å²) < 4.78 is 1.76. The predicted molar refractivity (Wildman–Crippen MR) is 91.2 cm³/mol. The molecule has 0 spiro atoms. The lowest BCUT2D eigenvalue weighted by Gasteiger charge is -2.13. The molecule has 0 radical (unpaired) electrons. The van der Waals surface area contributed by atoms with Crippen molar-refractivity contribution in [3.8, 4) is 0 Å². The molecule has 6 heteroatoms. The number of rotatable bonds is 5. The van der Waals surface area contributed by atoms with Gasteiger partial charge in [0.1, 0.15) is 5.69 Å². The van der Waals surface area contributed by atoms with E-state index in [0.717, 1.165) is 18.5 Å². The van der Waals surface area contributed by atoms with Crippen LogP contribution in [-0.4, -0.2) is 40.9 Å². The minimum Gasteiger partial charge on any atom is -0.309 e. The molecule has 0 saturated carbocycles. The Morgan fingerprint density at radius 2 is 2.00 bits per heavy atom. The first-order valence-corrected chi connectivity index (χ1v) is 7.07. The van der Waals surface area contributed by atoms with Gasteiger partial charge in [-0.3, -0.25) is 9.59 Å². The van der Waals surface area contributed by atoms with Crippen molar-refractivity contribution in [1.82, 2.24) is 14.5 Å². The van der Waals surface area contributed by atoms with E-state index in [2.05, 4.69) is 9.88 Å². The second-order valence-electron chi connectivity index (χ2n) is 5.57. The molecule has 0 fully saturated rings. The molecule has 5 nitrogen and oxygen atoms in total. The van der Waals surface area contributed by atoms with E-state index in [1.807, 2.05) is 20.2 Å². The molecule has 2 rings (SSSR count). The van der Waals surface area contributed by atoms with Gasteiger partial charge in [0.2, 0.25) is 0 Å². The molecule has 1 aromatic heterocycles. The highest BCUT2D eigenvalue weighted by molar-refractivity contribution is 5.97. The smallest absolute Gasteiger partial charge is 0.272 e. The fraction of sp³-hybridized carbons (Fsp3) is 0.438. The average molecular weight is 324 g/mol. The van der Waals surface area contributed by atoms with E-state index < -0.39 is 0 Å². The number of nitrogens with zero attached hydrogens (tertiary/aromatic N) is 3. The molecule has 0 aliphatic heterocycles. The van der Waals surface area contributed by atoms with Gasteiger partial charge in [0.05, 0.1) is 11.0 Å². The summed E-state index contributed by atoms with van der Waals surface area (Å²) in [5.74, 6) is 0.00158. The van der Waals surface area contributed by atoms with Gasteiger partial charge in [0.15, 0.2) is 5.78 Å². The van der Waals surface area contributed by atoms with E-state index in [0.29, 0.717) is 23.3 Å². The number of carbonyl (C=O) groups excluding carboxylic acids is 1. The van der Waals surface area contributed by atoms with Crippen LogP contribution in [0.4, 0.5) is 0 Å². The first-order chi connectivity index (χ1) is 9.90. The monoisotopic (exact) mass is 323 g/mol. The van der Waals surface area contributed by atoms with E-state index in [1.165, 1.54) is 6.92 Å². The van der Waals surface area contributed by atoms with Gasteiger partial charge in [-0.25, -0.2) is 4.98 Å². The standard InChI is InChI=1S/C16H21N3O2.ClH/c1-11-16(21)19(9-5-8-18(3)4)15-7-6-13(12(2)20)10-14(15)17-11;/h6-7,10H,5,8-9H2,1-4H3;1H. The number of ketones is 1. The Hall–Kier alpha value is -1.72. The zero-order valence-corrected chi connectivity index (χ0v) is 14.2. The number of benzene rings is 1. The van der Waals surface area contributed by atoms with E-state index in [9.17, 15) is 9.59 Å². The maximum atomic E-state index is 12.3. The SMILES string of the molecule is CC(=O)c1ccc2c(c1)nc(C)c(=O)n2CCCN(C)C.Cl. The number of hydrogen-bond donors (Lipinski definition) is 0. The topological polar surface area (TPSA) is 55.2 Å². The zero-order chi connectivity index (χ0) is 15.6. The van der Waals surface area contributed by atoms with Gasteiger partial charge in [-0.05, 0) is 59.1 Å². The average Bonchev–Trinajstić information content (AvgIpc) is 2.42. The second-order valence-corrected chi connectivity index (χ2v) is 5.57. The van der Waals surface area contributed by atoms with E-state index in [1.54, 1.807) is 23.6 Å². The van der Waals surface area contributed by atoms with Crippen molar-refractivity contribution in [2.45, 2.75) is 26.8 Å². The van der Waals surface area contributed by atoms with Crippen LogP contribution in [-0.2, 0) is 6.54 Å². The molecule has 0 atom stereocenters. The highest BCUT2D eigenvalue weighted by atomic mass is 35.5. The van der Waals surface area contributed by atoms with Crippen molar-refractivity contribution in [1.29, 1.82) is 0 Å². The Morgan fingerprint density at radius 1 is 1.32 bits per heavy atom. The molecule has 1 heterocycles. The van der Waals surface area contributed by atoms with Crippen molar-refractivity contribution in [3.05, 3.63) is 39.8 Å². The Bertz CT molecular complexity index is 738. The molecule has 2 aromatic rings. The lowest BCUT2D eigenvalue weighted by atomic mass is 10.1. The quantitative estimate of drug-likeness (QED) is 0.792. The molecule has 0 aliphatic carbocycles. The van der Waals surface area contributed by atoms with Crippen molar-refractivity contribution < 1.29 is 4.79 Å². The molecule has 0 amide bonds. The van der Waals surface area contributed by atoms with E-state index >= 15 is 0 Å². The van der Waals surface area contributed by atoms with Crippen LogP contribution in [0.2, 0.25) is 0 Å². The summed E-state index contributed by atoms with van der Waals surface area (Å²) in [6, 6.07) is 5.33. The predicted octanol–water partition coefficient (Wildman–Crippen LogP) is 2.28. The Balaban J connectivity index is 0.00000242. The zero-order valence-electron chi connectivity index (χ0n) is 13.4. The van der Waals surface area contributed by atoms with Gasteiger partial charge >= 0.3 is 0 Å². The highest BCUT2D eigenvalue weighted by Crippen LogP contribution is 2.14.